The van der Waals surface area contributed by atoms with Gasteiger partial charge in [0, 0.05) is 25.8 Å². The predicted octanol–water partition coefficient (Wildman–Crippen LogP) is 0.976. The van der Waals surface area contributed by atoms with E-state index in [0.717, 1.165) is 38.2 Å². The first-order chi connectivity index (χ1) is 8.70. The van der Waals surface area contributed by atoms with Crippen LogP contribution in [-0.4, -0.2) is 41.5 Å². The van der Waals surface area contributed by atoms with Gasteiger partial charge < -0.3 is 10.5 Å². The highest BCUT2D eigenvalue weighted by molar-refractivity contribution is 5.94. The van der Waals surface area contributed by atoms with Crippen molar-refractivity contribution in [3.05, 3.63) is 29.6 Å². The molecule has 0 aliphatic carbocycles. The van der Waals surface area contributed by atoms with Gasteiger partial charge in [0.1, 0.15) is 11.5 Å². The highest BCUT2D eigenvalue weighted by Gasteiger charge is 2.20. The molecule has 3 N–H and O–H groups in total. The number of morpholine rings is 1. The van der Waals surface area contributed by atoms with Gasteiger partial charge in [-0.25, -0.2) is 0 Å². The van der Waals surface area contributed by atoms with E-state index in [2.05, 4.69) is 16.8 Å². The van der Waals surface area contributed by atoms with Gasteiger partial charge in [0.25, 0.3) is 0 Å². The summed E-state index contributed by atoms with van der Waals surface area (Å²) in [5.41, 5.74) is 7.16. The number of nitrogens with one attached hydrogen (secondary N) is 1. The molecule has 5 nitrogen and oxygen atoms in total. The lowest BCUT2D eigenvalue weighted by atomic mass is 10.1. The van der Waals surface area contributed by atoms with Crippen LogP contribution < -0.4 is 5.73 Å². The Labute approximate surface area is 107 Å². The van der Waals surface area contributed by atoms with E-state index in [-0.39, 0.29) is 5.84 Å². The molecule has 1 saturated heterocycles. The molecule has 1 aliphatic rings. The van der Waals surface area contributed by atoms with E-state index in [1.807, 2.05) is 12.1 Å². The zero-order chi connectivity index (χ0) is 13.0. The van der Waals surface area contributed by atoms with E-state index in [4.69, 9.17) is 15.9 Å². The van der Waals surface area contributed by atoms with Crippen LogP contribution in [0.3, 0.4) is 0 Å². The second-order valence-corrected chi connectivity index (χ2v) is 4.56. The van der Waals surface area contributed by atoms with Crippen molar-refractivity contribution in [1.29, 1.82) is 5.41 Å². The van der Waals surface area contributed by atoms with Crippen molar-refractivity contribution in [1.82, 2.24) is 9.88 Å². The average Bonchev–Trinajstić information content (AvgIpc) is 2.39. The fourth-order valence-electron chi connectivity index (χ4n) is 2.22. The number of ether oxygens (including phenoxy) is 1. The molecule has 1 aromatic heterocycles. The molecule has 1 fully saturated rings. The standard InChI is InChI=1S/C13H20N4O/c1-2-11-9-17(6-7-18-11)8-10-4-3-5-16-12(10)13(14)15/h3-5,11H,2,6-9H2,1H3,(H3,14,15). The van der Waals surface area contributed by atoms with E-state index in [0.29, 0.717) is 11.8 Å². The van der Waals surface area contributed by atoms with Crippen molar-refractivity contribution in [2.24, 2.45) is 5.73 Å². The predicted molar refractivity (Wildman–Crippen MR) is 70.6 cm³/mol. The van der Waals surface area contributed by atoms with Crippen molar-refractivity contribution in [3.8, 4) is 0 Å². The molecule has 0 amide bonds. The largest absolute Gasteiger partial charge is 0.382 e. The molecule has 1 aromatic rings. The number of nitrogens with two attached hydrogens (primary N) is 1. The lowest BCUT2D eigenvalue weighted by molar-refractivity contribution is -0.0325. The Morgan fingerprint density at radius 3 is 3.22 bits per heavy atom. The number of nitrogens with zero attached hydrogens (tertiary/aromatic N) is 2. The minimum absolute atomic E-state index is 0.0332. The minimum atomic E-state index is 0.0332. The number of hydrogen-bond acceptors (Lipinski definition) is 4. The maximum Gasteiger partial charge on any atom is 0.142 e. The number of aromatic nitrogens is 1. The molecule has 2 rings (SSSR count). The molecule has 0 aromatic carbocycles. The van der Waals surface area contributed by atoms with Gasteiger partial charge in [-0.3, -0.25) is 15.3 Å². The SMILES string of the molecule is CCC1CN(Cc2cccnc2C(=N)N)CCO1. The Bertz CT molecular complexity index is 421. The first kappa shape index (κ1) is 13.0. The van der Waals surface area contributed by atoms with Gasteiger partial charge in [0.15, 0.2) is 0 Å². The lowest BCUT2D eigenvalue weighted by Crippen LogP contribution is -2.41. The van der Waals surface area contributed by atoms with Gasteiger partial charge in [0.05, 0.1) is 12.7 Å². The molecule has 0 bridgehead atoms. The van der Waals surface area contributed by atoms with Gasteiger partial charge in [-0.2, -0.15) is 0 Å². The molecular weight excluding hydrogens is 228 g/mol. The van der Waals surface area contributed by atoms with Crippen LogP contribution in [-0.2, 0) is 11.3 Å². The van der Waals surface area contributed by atoms with E-state index in [1.54, 1.807) is 6.20 Å². The zero-order valence-electron chi connectivity index (χ0n) is 10.7. The van der Waals surface area contributed by atoms with Crippen LogP contribution >= 0.6 is 0 Å². The summed E-state index contributed by atoms with van der Waals surface area (Å²) in [5.74, 6) is 0.0332. The number of rotatable bonds is 4. The van der Waals surface area contributed by atoms with Crippen LogP contribution in [0.1, 0.15) is 24.6 Å². The third-order valence-electron chi connectivity index (χ3n) is 3.22. The van der Waals surface area contributed by atoms with Crippen LogP contribution in [0.25, 0.3) is 0 Å². The Balaban J connectivity index is 2.07. The topological polar surface area (TPSA) is 75.2 Å². The van der Waals surface area contributed by atoms with Crippen molar-refractivity contribution in [2.45, 2.75) is 26.0 Å². The molecule has 18 heavy (non-hydrogen) atoms. The quantitative estimate of drug-likeness (QED) is 0.615. The maximum absolute atomic E-state index is 7.54. The Morgan fingerprint density at radius 2 is 2.50 bits per heavy atom. The first-order valence-corrected chi connectivity index (χ1v) is 6.33. The van der Waals surface area contributed by atoms with Gasteiger partial charge in [-0.1, -0.05) is 13.0 Å². The highest BCUT2D eigenvalue weighted by Crippen LogP contribution is 2.13. The summed E-state index contributed by atoms with van der Waals surface area (Å²) in [6.45, 7) is 5.54. The molecule has 1 unspecified atom stereocenters. The van der Waals surface area contributed by atoms with E-state index < -0.39 is 0 Å². The van der Waals surface area contributed by atoms with Crippen LogP contribution in [0.15, 0.2) is 18.3 Å². The van der Waals surface area contributed by atoms with Crippen LogP contribution in [0.5, 0.6) is 0 Å². The molecule has 0 radical (unpaired) electrons. The fourth-order valence-corrected chi connectivity index (χ4v) is 2.22. The molecular formula is C13H20N4O. The van der Waals surface area contributed by atoms with E-state index in [1.165, 1.54) is 0 Å². The Kier molecular flexibility index (Phi) is 4.28. The second kappa shape index (κ2) is 5.93. The van der Waals surface area contributed by atoms with E-state index in [9.17, 15) is 0 Å². The number of hydrogen-bond donors (Lipinski definition) is 2. The van der Waals surface area contributed by atoms with Gasteiger partial charge in [-0.05, 0) is 18.1 Å². The third kappa shape index (κ3) is 3.05. The molecule has 1 atom stereocenters. The lowest BCUT2D eigenvalue weighted by Gasteiger charge is -2.32. The Hall–Kier alpha value is -1.46. The number of nitrogen functional groups attached to an aromatic ring is 1. The normalized spacial score (nSPS) is 20.8. The Morgan fingerprint density at radius 1 is 1.67 bits per heavy atom. The number of amidine groups is 1. The fraction of sp³-hybridized carbons (Fsp3) is 0.538. The molecule has 1 aliphatic heterocycles. The summed E-state index contributed by atoms with van der Waals surface area (Å²) in [7, 11) is 0. The molecule has 2 heterocycles. The molecule has 0 saturated carbocycles. The van der Waals surface area contributed by atoms with Crippen LogP contribution in [0, 0.1) is 5.41 Å². The van der Waals surface area contributed by atoms with Crippen molar-refractivity contribution >= 4 is 5.84 Å². The summed E-state index contributed by atoms with van der Waals surface area (Å²) in [6.07, 6.45) is 3.02. The van der Waals surface area contributed by atoms with Crippen LogP contribution in [0.2, 0.25) is 0 Å². The number of pyridine rings is 1. The van der Waals surface area contributed by atoms with Crippen molar-refractivity contribution in [3.63, 3.8) is 0 Å². The van der Waals surface area contributed by atoms with Gasteiger partial charge >= 0.3 is 0 Å². The third-order valence-corrected chi connectivity index (χ3v) is 3.22. The smallest absolute Gasteiger partial charge is 0.142 e. The summed E-state index contributed by atoms with van der Waals surface area (Å²) in [6, 6.07) is 3.87. The zero-order valence-corrected chi connectivity index (χ0v) is 10.7. The first-order valence-electron chi connectivity index (χ1n) is 6.33. The van der Waals surface area contributed by atoms with Crippen LogP contribution in [0.4, 0.5) is 0 Å². The molecule has 0 spiro atoms. The average molecular weight is 248 g/mol. The highest BCUT2D eigenvalue weighted by atomic mass is 16.5. The van der Waals surface area contributed by atoms with E-state index >= 15 is 0 Å². The van der Waals surface area contributed by atoms with Gasteiger partial charge in [-0.15, -0.1) is 0 Å². The van der Waals surface area contributed by atoms with Gasteiger partial charge in [0.2, 0.25) is 0 Å². The maximum atomic E-state index is 7.54. The van der Waals surface area contributed by atoms with Crippen molar-refractivity contribution in [2.75, 3.05) is 19.7 Å². The summed E-state index contributed by atoms with van der Waals surface area (Å²) in [4.78, 5) is 6.51. The molecule has 98 valence electrons. The minimum Gasteiger partial charge on any atom is -0.382 e. The summed E-state index contributed by atoms with van der Waals surface area (Å²) < 4.78 is 5.65. The monoisotopic (exact) mass is 248 g/mol. The molecule has 5 heteroatoms. The summed E-state index contributed by atoms with van der Waals surface area (Å²) >= 11 is 0. The van der Waals surface area contributed by atoms with Crippen molar-refractivity contribution < 1.29 is 4.74 Å². The second-order valence-electron chi connectivity index (χ2n) is 4.56. The summed E-state index contributed by atoms with van der Waals surface area (Å²) in [5, 5.41) is 7.54.